The monoisotopic (exact) mass is 422 g/mol. The molecule has 3 aromatic rings. The predicted octanol–water partition coefficient (Wildman–Crippen LogP) is 5.00. The number of rotatable bonds is 6. The van der Waals surface area contributed by atoms with Gasteiger partial charge in [0, 0.05) is 35.3 Å². The van der Waals surface area contributed by atoms with Gasteiger partial charge in [-0.2, -0.15) is 0 Å². The van der Waals surface area contributed by atoms with Gasteiger partial charge in [0.25, 0.3) is 5.91 Å². The van der Waals surface area contributed by atoms with Gasteiger partial charge in [0.15, 0.2) is 0 Å². The van der Waals surface area contributed by atoms with E-state index in [0.717, 1.165) is 58.1 Å². The zero-order chi connectivity index (χ0) is 21.5. The summed E-state index contributed by atoms with van der Waals surface area (Å²) in [6, 6.07) is 8.50. The van der Waals surface area contributed by atoms with Crippen molar-refractivity contribution in [2.24, 2.45) is 0 Å². The van der Waals surface area contributed by atoms with Gasteiger partial charge in [-0.05, 0) is 56.5 Å². The van der Waals surface area contributed by atoms with E-state index in [-0.39, 0.29) is 17.4 Å². The molecule has 0 bridgehead atoms. The summed E-state index contributed by atoms with van der Waals surface area (Å²) in [5.41, 5.74) is 4.57. The highest BCUT2D eigenvalue weighted by molar-refractivity contribution is 7.20. The van der Waals surface area contributed by atoms with Crippen LogP contribution in [0, 0.1) is 13.8 Å². The number of nitrogens with one attached hydrogen (secondary N) is 1. The van der Waals surface area contributed by atoms with Crippen LogP contribution in [-0.4, -0.2) is 35.0 Å². The molecule has 1 N–H and O–H groups in total. The Labute approximate surface area is 182 Å². The highest BCUT2D eigenvalue weighted by Gasteiger charge is 2.30. The molecule has 1 aliphatic rings. The van der Waals surface area contributed by atoms with E-state index >= 15 is 0 Å². The van der Waals surface area contributed by atoms with Gasteiger partial charge in [-0.1, -0.05) is 20.8 Å². The second kappa shape index (κ2) is 7.99. The number of anilines is 1. The fraction of sp³-hybridized carbons (Fsp3) is 0.458. The first kappa shape index (κ1) is 20.8. The Hall–Kier alpha value is -2.47. The Morgan fingerprint density at radius 1 is 1.23 bits per heavy atom. The van der Waals surface area contributed by atoms with E-state index < -0.39 is 0 Å². The fourth-order valence-electron chi connectivity index (χ4n) is 4.02. The lowest BCUT2D eigenvalue weighted by Crippen LogP contribution is -2.59. The summed E-state index contributed by atoms with van der Waals surface area (Å²) in [7, 11) is 0. The quantitative estimate of drug-likeness (QED) is 0.607. The van der Waals surface area contributed by atoms with E-state index in [1.165, 1.54) is 16.9 Å². The molecular formula is C24H30N4OS. The number of aromatic nitrogens is 2. The normalized spacial score (nSPS) is 14.8. The number of hydrogen-bond acceptors (Lipinski definition) is 5. The van der Waals surface area contributed by atoms with Crippen molar-refractivity contribution in [2.45, 2.75) is 58.9 Å². The van der Waals surface area contributed by atoms with Gasteiger partial charge in [0.05, 0.1) is 22.8 Å². The van der Waals surface area contributed by atoms with Crippen LogP contribution in [0.4, 0.5) is 5.69 Å². The lowest BCUT2D eigenvalue weighted by Gasteiger charge is -2.41. The van der Waals surface area contributed by atoms with Crippen LogP contribution in [0.25, 0.3) is 10.2 Å². The number of hydrogen-bond donors (Lipinski definition) is 1. The molecule has 4 heterocycles. The van der Waals surface area contributed by atoms with E-state index in [0.29, 0.717) is 0 Å². The summed E-state index contributed by atoms with van der Waals surface area (Å²) in [4.78, 5) is 25.9. The van der Waals surface area contributed by atoms with Crippen molar-refractivity contribution in [1.29, 1.82) is 0 Å². The molecular weight excluding hydrogens is 392 g/mol. The molecule has 30 heavy (non-hydrogen) atoms. The number of fused-ring (bicyclic) bond motifs is 1. The molecule has 0 aromatic carbocycles. The van der Waals surface area contributed by atoms with Crippen LogP contribution in [0.3, 0.4) is 0 Å². The van der Waals surface area contributed by atoms with Crippen molar-refractivity contribution < 1.29 is 4.79 Å². The molecule has 4 rings (SSSR count). The Balaban J connectivity index is 1.37. The first-order valence-electron chi connectivity index (χ1n) is 10.7. The Kier molecular flexibility index (Phi) is 5.53. The third-order valence-corrected chi connectivity index (χ3v) is 7.60. The van der Waals surface area contributed by atoms with Gasteiger partial charge in [-0.3, -0.25) is 9.78 Å². The van der Waals surface area contributed by atoms with E-state index in [1.54, 1.807) is 0 Å². The maximum atomic E-state index is 12.7. The second-order valence-electron chi connectivity index (χ2n) is 8.65. The number of amides is 1. The summed E-state index contributed by atoms with van der Waals surface area (Å²) in [5, 5.41) is 4.24. The molecule has 1 aliphatic heterocycles. The molecule has 158 valence electrons. The van der Waals surface area contributed by atoms with Gasteiger partial charge in [0.2, 0.25) is 0 Å². The smallest absolute Gasteiger partial charge is 0.261 e. The fourth-order valence-corrected chi connectivity index (χ4v) is 5.08. The highest BCUT2D eigenvalue weighted by Crippen LogP contribution is 2.31. The van der Waals surface area contributed by atoms with Crippen LogP contribution in [0.2, 0.25) is 0 Å². The first-order chi connectivity index (χ1) is 14.3. The van der Waals surface area contributed by atoms with Crippen LogP contribution < -0.4 is 10.2 Å². The van der Waals surface area contributed by atoms with E-state index in [1.807, 2.05) is 19.2 Å². The molecule has 3 aromatic heterocycles. The minimum absolute atomic E-state index is 0.00478. The van der Waals surface area contributed by atoms with Crippen molar-refractivity contribution in [1.82, 2.24) is 15.3 Å². The van der Waals surface area contributed by atoms with Gasteiger partial charge >= 0.3 is 0 Å². The average Bonchev–Trinajstić information content (AvgIpc) is 3.14. The van der Waals surface area contributed by atoms with Crippen molar-refractivity contribution in [3.8, 4) is 0 Å². The third kappa shape index (κ3) is 3.81. The van der Waals surface area contributed by atoms with E-state index in [4.69, 9.17) is 4.98 Å². The average molecular weight is 423 g/mol. The molecule has 0 radical (unpaired) electrons. The minimum Gasteiger partial charge on any atom is -0.366 e. The lowest BCUT2D eigenvalue weighted by molar-refractivity contribution is 0.0934. The van der Waals surface area contributed by atoms with Crippen LogP contribution in [0.1, 0.15) is 60.2 Å². The molecule has 1 fully saturated rings. The van der Waals surface area contributed by atoms with Gasteiger partial charge in [-0.15, -0.1) is 11.3 Å². The van der Waals surface area contributed by atoms with Crippen molar-refractivity contribution in [3.63, 3.8) is 0 Å². The van der Waals surface area contributed by atoms with Crippen LogP contribution in [0.15, 0.2) is 30.5 Å². The molecule has 0 unspecified atom stereocenters. The molecule has 5 nitrogen and oxygen atoms in total. The summed E-state index contributed by atoms with van der Waals surface area (Å²) >= 11 is 1.47. The van der Waals surface area contributed by atoms with Gasteiger partial charge < -0.3 is 10.2 Å². The van der Waals surface area contributed by atoms with Crippen molar-refractivity contribution in [3.05, 3.63) is 52.3 Å². The summed E-state index contributed by atoms with van der Waals surface area (Å²) in [6.45, 7) is 12.4. The Bertz CT molecular complexity index is 1060. The number of aryl methyl sites for hydroxylation is 2. The molecule has 6 heteroatoms. The number of pyridine rings is 2. The Morgan fingerprint density at radius 3 is 2.60 bits per heavy atom. The predicted molar refractivity (Wildman–Crippen MR) is 125 cm³/mol. The molecule has 0 aliphatic carbocycles. The Morgan fingerprint density at radius 2 is 1.97 bits per heavy atom. The SMILES string of the molecule is CCC(C)(CC)c1ccc(N2CC(NC(=O)c3cc4c(C)cc(C)nc4s3)C2)cn1. The number of thiophene rings is 1. The third-order valence-electron chi connectivity index (χ3n) is 6.57. The maximum Gasteiger partial charge on any atom is 0.261 e. The number of carbonyl (C=O) groups excluding carboxylic acids is 1. The lowest BCUT2D eigenvalue weighted by atomic mass is 9.81. The number of nitrogens with zero attached hydrogens (tertiary/aromatic N) is 3. The van der Waals surface area contributed by atoms with Crippen LogP contribution >= 0.6 is 11.3 Å². The molecule has 0 saturated carbocycles. The highest BCUT2D eigenvalue weighted by atomic mass is 32.1. The van der Waals surface area contributed by atoms with Crippen LogP contribution in [-0.2, 0) is 5.41 Å². The van der Waals surface area contributed by atoms with E-state index in [9.17, 15) is 4.79 Å². The van der Waals surface area contributed by atoms with Gasteiger partial charge in [0.1, 0.15) is 4.83 Å². The van der Waals surface area contributed by atoms with Crippen molar-refractivity contribution >= 4 is 33.1 Å². The van der Waals surface area contributed by atoms with Crippen molar-refractivity contribution in [2.75, 3.05) is 18.0 Å². The van der Waals surface area contributed by atoms with Crippen LogP contribution in [0.5, 0.6) is 0 Å². The molecule has 1 saturated heterocycles. The van der Waals surface area contributed by atoms with Gasteiger partial charge in [-0.25, -0.2) is 4.98 Å². The summed E-state index contributed by atoms with van der Waals surface area (Å²) < 4.78 is 0. The molecule has 0 spiro atoms. The zero-order valence-electron chi connectivity index (χ0n) is 18.5. The second-order valence-corrected chi connectivity index (χ2v) is 9.69. The summed E-state index contributed by atoms with van der Waals surface area (Å²) in [5.74, 6) is -0.00478. The largest absolute Gasteiger partial charge is 0.366 e. The minimum atomic E-state index is -0.00478. The standard InChI is InChI=1S/C24H30N4OS/c1-6-24(5,7-2)21-9-8-18(12-25-21)28-13-17(14-28)27-22(29)20-11-19-15(3)10-16(4)26-23(19)30-20/h8-12,17H,6-7,13-14H2,1-5H3,(H,27,29). The van der Waals surface area contributed by atoms with E-state index in [2.05, 4.69) is 61.1 Å². The molecule has 1 amide bonds. The zero-order valence-corrected chi connectivity index (χ0v) is 19.3. The topological polar surface area (TPSA) is 58.1 Å². The summed E-state index contributed by atoms with van der Waals surface area (Å²) in [6.07, 6.45) is 4.14. The number of carbonyl (C=O) groups is 1. The molecule has 0 atom stereocenters. The maximum absolute atomic E-state index is 12.7. The first-order valence-corrected chi connectivity index (χ1v) is 11.5.